The Labute approximate surface area is 109 Å². The molecule has 0 spiro atoms. The Bertz CT molecular complexity index is 354. The van der Waals surface area contributed by atoms with Gasteiger partial charge in [-0.15, -0.1) is 12.4 Å². The molecule has 5 nitrogen and oxygen atoms in total. The van der Waals surface area contributed by atoms with Crippen molar-refractivity contribution in [3.8, 4) is 0 Å². The van der Waals surface area contributed by atoms with Crippen molar-refractivity contribution in [1.82, 2.24) is 4.90 Å². The number of amides is 1. The molecule has 1 saturated heterocycles. The quantitative estimate of drug-likeness (QED) is 0.802. The molecule has 0 radical (unpaired) electrons. The third-order valence-corrected chi connectivity index (χ3v) is 4.50. The second-order valence-electron chi connectivity index (χ2n) is 4.61. The lowest BCUT2D eigenvalue weighted by Crippen LogP contribution is -2.56. The molecule has 2 N–H and O–H groups in total. The Hall–Kier alpha value is -0.330. The van der Waals surface area contributed by atoms with Gasteiger partial charge < -0.3 is 10.6 Å². The standard InChI is InChI=1S/C10H20N2O3S.ClH/c1-3-4-10(2,11)9(13)12-5-7-16(14,15)8-6-12;/h3-8,11H2,1-2H3;1H. The van der Waals surface area contributed by atoms with Crippen LogP contribution in [0.15, 0.2) is 0 Å². The summed E-state index contributed by atoms with van der Waals surface area (Å²) >= 11 is 0. The minimum absolute atomic E-state index is 0. The third kappa shape index (κ3) is 4.44. The summed E-state index contributed by atoms with van der Waals surface area (Å²) in [6, 6.07) is 0. The maximum Gasteiger partial charge on any atom is 0.242 e. The zero-order chi connectivity index (χ0) is 12.4. The number of sulfone groups is 1. The minimum Gasteiger partial charge on any atom is -0.339 e. The summed E-state index contributed by atoms with van der Waals surface area (Å²) in [6.45, 7) is 4.23. The normalized spacial score (nSPS) is 22.4. The van der Waals surface area contributed by atoms with Crippen molar-refractivity contribution < 1.29 is 13.2 Å². The van der Waals surface area contributed by atoms with Gasteiger partial charge in [0, 0.05) is 13.1 Å². The highest BCUT2D eigenvalue weighted by molar-refractivity contribution is 7.91. The molecular weight excluding hydrogens is 264 g/mol. The average Bonchev–Trinajstić information content (AvgIpc) is 2.16. The molecule has 0 bridgehead atoms. The first-order chi connectivity index (χ1) is 7.28. The van der Waals surface area contributed by atoms with Crippen LogP contribution in [0.3, 0.4) is 0 Å². The molecule has 0 aromatic carbocycles. The minimum atomic E-state index is -2.94. The lowest BCUT2D eigenvalue weighted by Gasteiger charge is -2.33. The van der Waals surface area contributed by atoms with Crippen molar-refractivity contribution in [1.29, 1.82) is 0 Å². The van der Waals surface area contributed by atoms with E-state index in [1.807, 2.05) is 6.92 Å². The number of nitrogens with two attached hydrogens (primary N) is 1. The first kappa shape index (κ1) is 16.7. The van der Waals surface area contributed by atoms with Crippen LogP contribution in [-0.4, -0.2) is 49.4 Å². The second kappa shape index (κ2) is 6.02. The van der Waals surface area contributed by atoms with E-state index in [1.54, 1.807) is 11.8 Å². The van der Waals surface area contributed by atoms with Crippen LogP contribution in [0.25, 0.3) is 0 Å². The third-order valence-electron chi connectivity index (χ3n) is 2.89. The van der Waals surface area contributed by atoms with Crippen LogP contribution in [-0.2, 0) is 14.6 Å². The van der Waals surface area contributed by atoms with E-state index in [0.29, 0.717) is 6.42 Å². The van der Waals surface area contributed by atoms with Crippen LogP contribution < -0.4 is 5.73 Å². The molecule has 0 aliphatic carbocycles. The fraction of sp³-hybridized carbons (Fsp3) is 0.900. The van der Waals surface area contributed by atoms with Gasteiger partial charge in [-0.25, -0.2) is 8.42 Å². The van der Waals surface area contributed by atoms with Crippen LogP contribution in [0.4, 0.5) is 0 Å². The maximum absolute atomic E-state index is 12.0. The fourth-order valence-electron chi connectivity index (χ4n) is 1.90. The van der Waals surface area contributed by atoms with Crippen molar-refractivity contribution in [2.75, 3.05) is 24.6 Å². The van der Waals surface area contributed by atoms with E-state index < -0.39 is 15.4 Å². The highest BCUT2D eigenvalue weighted by Crippen LogP contribution is 2.15. The molecule has 0 aromatic heterocycles. The lowest BCUT2D eigenvalue weighted by molar-refractivity contribution is -0.136. The van der Waals surface area contributed by atoms with E-state index in [4.69, 9.17) is 5.73 Å². The number of nitrogens with zero attached hydrogens (tertiary/aromatic N) is 1. The maximum atomic E-state index is 12.0. The summed E-state index contributed by atoms with van der Waals surface area (Å²) in [5, 5.41) is 0. The summed E-state index contributed by atoms with van der Waals surface area (Å²) in [4.78, 5) is 13.6. The van der Waals surface area contributed by atoms with E-state index in [-0.39, 0.29) is 42.9 Å². The van der Waals surface area contributed by atoms with Gasteiger partial charge in [0.25, 0.3) is 0 Å². The largest absolute Gasteiger partial charge is 0.339 e. The molecule has 1 amide bonds. The number of carbonyl (C=O) groups excluding carboxylic acids is 1. The molecule has 7 heteroatoms. The van der Waals surface area contributed by atoms with Gasteiger partial charge in [0.1, 0.15) is 0 Å². The van der Waals surface area contributed by atoms with Gasteiger partial charge in [-0.3, -0.25) is 4.79 Å². The van der Waals surface area contributed by atoms with Crippen LogP contribution in [0.2, 0.25) is 0 Å². The Morgan fingerprint density at radius 2 is 1.82 bits per heavy atom. The Morgan fingerprint density at radius 3 is 2.24 bits per heavy atom. The summed E-state index contributed by atoms with van der Waals surface area (Å²) < 4.78 is 22.4. The molecule has 17 heavy (non-hydrogen) atoms. The number of hydrogen-bond acceptors (Lipinski definition) is 4. The first-order valence-corrected chi connectivity index (χ1v) is 7.39. The van der Waals surface area contributed by atoms with Crippen LogP contribution in [0, 0.1) is 0 Å². The number of halogens is 1. The average molecular weight is 285 g/mol. The zero-order valence-electron chi connectivity index (χ0n) is 10.3. The molecule has 1 atom stereocenters. The van der Waals surface area contributed by atoms with E-state index in [9.17, 15) is 13.2 Å². The van der Waals surface area contributed by atoms with Crippen LogP contribution in [0.1, 0.15) is 26.7 Å². The van der Waals surface area contributed by atoms with Gasteiger partial charge in [-0.2, -0.15) is 0 Å². The molecule has 0 aromatic rings. The van der Waals surface area contributed by atoms with Crippen molar-refractivity contribution in [2.45, 2.75) is 32.2 Å². The summed E-state index contributed by atoms with van der Waals surface area (Å²) in [6.07, 6.45) is 1.46. The highest BCUT2D eigenvalue weighted by atomic mass is 35.5. The molecule has 0 saturated carbocycles. The number of carbonyl (C=O) groups is 1. The molecule has 1 heterocycles. The smallest absolute Gasteiger partial charge is 0.242 e. The molecule has 1 rings (SSSR count). The fourth-order valence-corrected chi connectivity index (χ4v) is 3.10. The number of rotatable bonds is 3. The lowest BCUT2D eigenvalue weighted by atomic mass is 9.96. The van der Waals surface area contributed by atoms with Gasteiger partial charge in [-0.1, -0.05) is 13.3 Å². The second-order valence-corrected chi connectivity index (χ2v) is 6.92. The predicted molar refractivity (Wildman–Crippen MR) is 70.0 cm³/mol. The SMILES string of the molecule is CCCC(C)(N)C(=O)N1CCS(=O)(=O)CC1.Cl. The molecular formula is C10H21ClN2O3S. The number of hydrogen-bond donors (Lipinski definition) is 1. The van der Waals surface area contributed by atoms with Crippen LogP contribution in [0.5, 0.6) is 0 Å². The first-order valence-electron chi connectivity index (χ1n) is 5.57. The van der Waals surface area contributed by atoms with Crippen molar-refractivity contribution in [3.05, 3.63) is 0 Å². The Kier molecular flexibility index (Phi) is 5.90. The Morgan fingerprint density at radius 1 is 1.35 bits per heavy atom. The molecule has 102 valence electrons. The van der Waals surface area contributed by atoms with Gasteiger partial charge in [0.05, 0.1) is 17.0 Å². The zero-order valence-corrected chi connectivity index (χ0v) is 11.9. The van der Waals surface area contributed by atoms with Gasteiger partial charge in [-0.05, 0) is 13.3 Å². The van der Waals surface area contributed by atoms with E-state index in [0.717, 1.165) is 6.42 Å². The molecule has 1 unspecified atom stereocenters. The summed E-state index contributed by atoms with van der Waals surface area (Å²) in [7, 11) is -2.94. The monoisotopic (exact) mass is 284 g/mol. The van der Waals surface area contributed by atoms with E-state index >= 15 is 0 Å². The summed E-state index contributed by atoms with van der Waals surface area (Å²) in [5.74, 6) is -0.0220. The van der Waals surface area contributed by atoms with Gasteiger partial charge >= 0.3 is 0 Å². The van der Waals surface area contributed by atoms with Crippen molar-refractivity contribution in [2.24, 2.45) is 5.73 Å². The highest BCUT2D eigenvalue weighted by Gasteiger charge is 2.34. The van der Waals surface area contributed by atoms with Gasteiger partial charge in [0.2, 0.25) is 5.91 Å². The van der Waals surface area contributed by atoms with E-state index in [1.165, 1.54) is 0 Å². The Balaban J connectivity index is 0.00000256. The summed E-state index contributed by atoms with van der Waals surface area (Å²) in [5.41, 5.74) is 5.06. The topological polar surface area (TPSA) is 80.5 Å². The van der Waals surface area contributed by atoms with Crippen molar-refractivity contribution >= 4 is 28.2 Å². The molecule has 1 aliphatic rings. The van der Waals surface area contributed by atoms with Gasteiger partial charge in [0.15, 0.2) is 9.84 Å². The predicted octanol–water partition coefficient (Wildman–Crippen LogP) is 0.183. The van der Waals surface area contributed by atoms with E-state index in [2.05, 4.69) is 0 Å². The molecule has 1 aliphatic heterocycles. The van der Waals surface area contributed by atoms with Crippen LogP contribution >= 0.6 is 12.4 Å². The van der Waals surface area contributed by atoms with Crippen molar-refractivity contribution in [3.63, 3.8) is 0 Å². The molecule has 1 fully saturated rings.